The average molecular weight is 289 g/mol. The van der Waals surface area contributed by atoms with Crippen LogP contribution in [0.25, 0.3) is 11.0 Å². The standard InChI is InChI=1S/C17H23NO3/c1-4-5-6-10-16(19)18-12(2)15-11-13-8-7-9-14(20-3)17(13)21-15/h7-9,11-12H,4-6,10H2,1-3H3,(H,18,19). The summed E-state index contributed by atoms with van der Waals surface area (Å²) in [7, 11) is 1.62. The molecular weight excluding hydrogens is 266 g/mol. The van der Waals surface area contributed by atoms with Gasteiger partial charge in [-0.1, -0.05) is 31.9 Å². The number of benzene rings is 1. The number of hydrogen-bond acceptors (Lipinski definition) is 3. The molecule has 21 heavy (non-hydrogen) atoms. The molecule has 1 aromatic heterocycles. The highest BCUT2D eigenvalue weighted by molar-refractivity contribution is 5.84. The smallest absolute Gasteiger partial charge is 0.220 e. The van der Waals surface area contributed by atoms with E-state index in [1.807, 2.05) is 31.2 Å². The van der Waals surface area contributed by atoms with E-state index in [1.54, 1.807) is 7.11 Å². The number of ether oxygens (including phenoxy) is 1. The van der Waals surface area contributed by atoms with E-state index < -0.39 is 0 Å². The number of methoxy groups -OCH3 is 1. The zero-order valence-corrected chi connectivity index (χ0v) is 12.9. The van der Waals surface area contributed by atoms with E-state index >= 15 is 0 Å². The second kappa shape index (κ2) is 7.16. The third kappa shape index (κ3) is 3.78. The quantitative estimate of drug-likeness (QED) is 0.777. The molecule has 0 aliphatic rings. The Morgan fingerprint density at radius 1 is 1.38 bits per heavy atom. The van der Waals surface area contributed by atoms with Crippen molar-refractivity contribution in [2.75, 3.05) is 7.11 Å². The molecule has 1 aromatic carbocycles. The van der Waals surface area contributed by atoms with Crippen LogP contribution in [-0.2, 0) is 4.79 Å². The van der Waals surface area contributed by atoms with Crippen molar-refractivity contribution in [1.82, 2.24) is 5.32 Å². The predicted molar refractivity (Wildman–Crippen MR) is 83.5 cm³/mol. The zero-order chi connectivity index (χ0) is 15.2. The van der Waals surface area contributed by atoms with Crippen molar-refractivity contribution >= 4 is 16.9 Å². The van der Waals surface area contributed by atoms with Crippen LogP contribution in [0.4, 0.5) is 0 Å². The summed E-state index contributed by atoms with van der Waals surface area (Å²) in [5, 5.41) is 3.96. The lowest BCUT2D eigenvalue weighted by molar-refractivity contribution is -0.121. The molecule has 0 radical (unpaired) electrons. The maximum absolute atomic E-state index is 11.9. The van der Waals surface area contributed by atoms with Gasteiger partial charge < -0.3 is 14.5 Å². The molecule has 1 unspecified atom stereocenters. The topological polar surface area (TPSA) is 51.5 Å². The Kier molecular flexibility index (Phi) is 5.26. The van der Waals surface area contributed by atoms with Gasteiger partial charge in [0, 0.05) is 11.8 Å². The van der Waals surface area contributed by atoms with E-state index in [9.17, 15) is 4.79 Å². The number of amides is 1. The Labute approximate surface area is 125 Å². The van der Waals surface area contributed by atoms with Crippen molar-refractivity contribution in [2.24, 2.45) is 0 Å². The molecule has 1 atom stereocenters. The molecular formula is C17H23NO3. The summed E-state index contributed by atoms with van der Waals surface area (Å²) in [4.78, 5) is 11.9. The number of hydrogen-bond donors (Lipinski definition) is 1. The van der Waals surface area contributed by atoms with Crippen LogP contribution in [0, 0.1) is 0 Å². The van der Waals surface area contributed by atoms with E-state index in [1.165, 1.54) is 0 Å². The highest BCUT2D eigenvalue weighted by Crippen LogP contribution is 2.30. The highest BCUT2D eigenvalue weighted by Gasteiger charge is 2.15. The molecule has 4 heteroatoms. The minimum absolute atomic E-state index is 0.0726. The molecule has 2 rings (SSSR count). The second-order valence-corrected chi connectivity index (χ2v) is 5.27. The Morgan fingerprint density at radius 2 is 2.19 bits per heavy atom. The van der Waals surface area contributed by atoms with Gasteiger partial charge in [-0.3, -0.25) is 4.79 Å². The van der Waals surface area contributed by atoms with Gasteiger partial charge in [0.15, 0.2) is 11.3 Å². The summed E-state index contributed by atoms with van der Waals surface area (Å²) in [5.74, 6) is 1.53. The Balaban J connectivity index is 2.05. The maximum Gasteiger partial charge on any atom is 0.220 e. The van der Waals surface area contributed by atoms with Crippen molar-refractivity contribution in [2.45, 2.75) is 45.6 Å². The third-order valence-corrected chi connectivity index (χ3v) is 3.56. The number of unbranched alkanes of at least 4 members (excludes halogenated alkanes) is 2. The molecule has 114 valence electrons. The highest BCUT2D eigenvalue weighted by atomic mass is 16.5. The fraction of sp³-hybridized carbons (Fsp3) is 0.471. The van der Waals surface area contributed by atoms with Crippen molar-refractivity contribution in [3.63, 3.8) is 0 Å². The summed E-state index contributed by atoms with van der Waals surface area (Å²) in [6.07, 6.45) is 3.71. The molecule has 0 saturated heterocycles. The molecule has 2 aromatic rings. The van der Waals surface area contributed by atoms with Gasteiger partial charge in [0.1, 0.15) is 5.76 Å². The average Bonchev–Trinajstić information content (AvgIpc) is 2.91. The zero-order valence-electron chi connectivity index (χ0n) is 12.9. The van der Waals surface area contributed by atoms with Crippen LogP contribution in [0.3, 0.4) is 0 Å². The molecule has 1 amide bonds. The Hall–Kier alpha value is -1.97. The van der Waals surface area contributed by atoms with Crippen LogP contribution < -0.4 is 10.1 Å². The first-order valence-corrected chi connectivity index (χ1v) is 7.51. The minimum Gasteiger partial charge on any atom is -0.493 e. The van der Waals surface area contributed by atoms with Crippen LogP contribution in [0.2, 0.25) is 0 Å². The molecule has 1 N–H and O–H groups in total. The van der Waals surface area contributed by atoms with Crippen LogP contribution >= 0.6 is 0 Å². The number of carbonyl (C=O) groups is 1. The summed E-state index contributed by atoms with van der Waals surface area (Å²) in [6, 6.07) is 7.57. The first-order chi connectivity index (χ1) is 10.2. The molecule has 0 spiro atoms. The van der Waals surface area contributed by atoms with Crippen molar-refractivity contribution in [3.8, 4) is 5.75 Å². The lowest BCUT2D eigenvalue weighted by atomic mass is 10.1. The van der Waals surface area contributed by atoms with Gasteiger partial charge in [0.25, 0.3) is 0 Å². The summed E-state index contributed by atoms with van der Waals surface area (Å²) in [6.45, 7) is 4.06. The van der Waals surface area contributed by atoms with Crippen molar-refractivity contribution < 1.29 is 13.9 Å². The summed E-state index contributed by atoms with van der Waals surface area (Å²) in [5.41, 5.74) is 0.724. The van der Waals surface area contributed by atoms with Gasteiger partial charge >= 0.3 is 0 Å². The van der Waals surface area contributed by atoms with E-state index in [-0.39, 0.29) is 11.9 Å². The molecule has 0 fully saturated rings. The van der Waals surface area contributed by atoms with Crippen molar-refractivity contribution in [3.05, 3.63) is 30.0 Å². The third-order valence-electron chi connectivity index (χ3n) is 3.56. The molecule has 0 aliphatic carbocycles. The Bertz CT molecular complexity index is 603. The van der Waals surface area contributed by atoms with Gasteiger partial charge in [-0.25, -0.2) is 0 Å². The summed E-state index contributed by atoms with van der Waals surface area (Å²) >= 11 is 0. The van der Waals surface area contributed by atoms with E-state index in [0.29, 0.717) is 12.2 Å². The van der Waals surface area contributed by atoms with Gasteiger partial charge in [-0.05, 0) is 25.5 Å². The number of rotatable bonds is 7. The van der Waals surface area contributed by atoms with E-state index in [2.05, 4.69) is 12.2 Å². The first-order valence-electron chi connectivity index (χ1n) is 7.51. The number of carbonyl (C=O) groups excluding carboxylic acids is 1. The van der Waals surface area contributed by atoms with Gasteiger partial charge in [0.2, 0.25) is 5.91 Å². The number of nitrogens with one attached hydrogen (secondary N) is 1. The normalized spacial score (nSPS) is 12.3. The van der Waals surface area contributed by atoms with Gasteiger partial charge in [-0.15, -0.1) is 0 Å². The minimum atomic E-state index is -0.142. The molecule has 1 heterocycles. The van der Waals surface area contributed by atoms with E-state index in [0.717, 1.165) is 36.0 Å². The van der Waals surface area contributed by atoms with E-state index in [4.69, 9.17) is 9.15 Å². The van der Waals surface area contributed by atoms with Crippen LogP contribution in [-0.4, -0.2) is 13.0 Å². The van der Waals surface area contributed by atoms with Gasteiger partial charge in [0.05, 0.1) is 13.2 Å². The fourth-order valence-corrected chi connectivity index (χ4v) is 2.35. The SMILES string of the molecule is CCCCCC(=O)NC(C)c1cc2cccc(OC)c2o1. The van der Waals surface area contributed by atoms with Crippen LogP contribution in [0.1, 0.15) is 51.3 Å². The first kappa shape index (κ1) is 15.4. The fourth-order valence-electron chi connectivity index (χ4n) is 2.35. The number of fused-ring (bicyclic) bond motifs is 1. The maximum atomic E-state index is 11.9. The summed E-state index contributed by atoms with van der Waals surface area (Å²) < 4.78 is 11.1. The number of furan rings is 1. The van der Waals surface area contributed by atoms with Crippen LogP contribution in [0.5, 0.6) is 5.75 Å². The largest absolute Gasteiger partial charge is 0.493 e. The molecule has 0 saturated carbocycles. The van der Waals surface area contributed by atoms with Crippen LogP contribution in [0.15, 0.2) is 28.7 Å². The second-order valence-electron chi connectivity index (χ2n) is 5.27. The molecule has 0 aliphatic heterocycles. The Morgan fingerprint density at radius 3 is 2.90 bits per heavy atom. The monoisotopic (exact) mass is 289 g/mol. The molecule has 0 bridgehead atoms. The lowest BCUT2D eigenvalue weighted by Gasteiger charge is -2.11. The lowest BCUT2D eigenvalue weighted by Crippen LogP contribution is -2.25. The number of para-hydroxylation sites is 1. The van der Waals surface area contributed by atoms with Gasteiger partial charge in [-0.2, -0.15) is 0 Å². The predicted octanol–water partition coefficient (Wildman–Crippen LogP) is 4.20. The molecule has 4 nitrogen and oxygen atoms in total. The van der Waals surface area contributed by atoms with Crippen molar-refractivity contribution in [1.29, 1.82) is 0 Å².